The second-order valence-electron chi connectivity index (χ2n) is 10.3. The van der Waals surface area contributed by atoms with E-state index < -0.39 is 0 Å². The molecule has 0 nitrogen and oxygen atoms in total. The molecule has 2 rings (SSSR count). The average molecular weight is 442 g/mol. The van der Waals surface area contributed by atoms with E-state index in [1.807, 2.05) is 0 Å². The summed E-state index contributed by atoms with van der Waals surface area (Å²) in [6, 6.07) is 4.78. The molecule has 0 aromatic heterocycles. The van der Waals surface area contributed by atoms with Crippen LogP contribution in [0, 0.1) is 5.41 Å². The van der Waals surface area contributed by atoms with Crippen LogP contribution in [0.2, 0.25) is 0 Å². The maximum atomic E-state index is 2.40. The third-order valence-corrected chi connectivity index (χ3v) is 6.91. The zero-order valence-corrected chi connectivity index (χ0v) is 22.0. The molecule has 0 bridgehead atoms. The molecule has 0 radical (unpaired) electrons. The van der Waals surface area contributed by atoms with Crippen molar-refractivity contribution < 1.29 is 45.2 Å². The van der Waals surface area contributed by atoms with Crippen LogP contribution < -0.4 is 28.7 Å². The predicted octanol–water partition coefficient (Wildman–Crippen LogP) is 0.611. The molecule has 0 fully saturated rings. The number of halogens is 2. The van der Waals surface area contributed by atoms with Crippen molar-refractivity contribution in [3.8, 4) is 0 Å². The van der Waals surface area contributed by atoms with Gasteiger partial charge < -0.3 is 24.8 Å². The van der Waals surface area contributed by atoms with Gasteiger partial charge in [-0.2, -0.15) is 0 Å². The minimum Gasteiger partial charge on any atom is -1.00 e. The smallest absolute Gasteiger partial charge is 1.00 e. The van der Waals surface area contributed by atoms with Gasteiger partial charge in [0.25, 0.3) is 0 Å². The van der Waals surface area contributed by atoms with E-state index in [0.29, 0.717) is 0 Å². The molecule has 0 N–H and O–H groups in total. The molecule has 0 unspecified atom stereocenters. The molecule has 27 heavy (non-hydrogen) atoms. The van der Waals surface area contributed by atoms with E-state index in [1.54, 1.807) is 0 Å². The van der Waals surface area contributed by atoms with Crippen molar-refractivity contribution in [2.75, 3.05) is 0 Å². The Morgan fingerprint density at radius 1 is 0.778 bits per heavy atom. The third-order valence-electron chi connectivity index (χ3n) is 6.10. The Labute approximate surface area is 191 Å². The van der Waals surface area contributed by atoms with Gasteiger partial charge >= 0.3 is 168 Å². The Hall–Kier alpha value is -0.00571. The van der Waals surface area contributed by atoms with E-state index in [2.05, 4.69) is 109 Å². The summed E-state index contributed by atoms with van der Waals surface area (Å²) in [5.74, 6) is 0. The minimum absolute atomic E-state index is 0. The number of hydrogen-bond acceptors (Lipinski definition) is 0. The van der Waals surface area contributed by atoms with Gasteiger partial charge in [-0.25, -0.2) is 0 Å². The first-order chi connectivity index (χ1) is 11.1. The maximum absolute atomic E-state index is 2.40. The van der Waals surface area contributed by atoms with E-state index in [4.69, 9.17) is 0 Å². The van der Waals surface area contributed by atoms with E-state index in [0.717, 1.165) is 0 Å². The predicted molar refractivity (Wildman–Crippen MR) is 108 cm³/mol. The van der Waals surface area contributed by atoms with Gasteiger partial charge in [-0.1, -0.05) is 0 Å². The van der Waals surface area contributed by atoms with Gasteiger partial charge in [-0.3, -0.25) is 0 Å². The van der Waals surface area contributed by atoms with Gasteiger partial charge in [0.2, 0.25) is 0 Å². The van der Waals surface area contributed by atoms with Crippen LogP contribution in [-0.2, 0) is 31.3 Å². The van der Waals surface area contributed by atoms with Crippen molar-refractivity contribution in [2.45, 2.75) is 87.0 Å². The maximum Gasteiger partial charge on any atom is -1.00 e. The van der Waals surface area contributed by atoms with Crippen molar-refractivity contribution in [3.05, 3.63) is 45.5 Å². The van der Waals surface area contributed by atoms with Crippen LogP contribution in [0.1, 0.15) is 92.9 Å². The monoisotopic (exact) mass is 441 g/mol. The molecule has 0 saturated carbocycles. The van der Waals surface area contributed by atoms with Crippen molar-refractivity contribution in [3.63, 3.8) is 0 Å². The van der Waals surface area contributed by atoms with Crippen LogP contribution in [0.5, 0.6) is 0 Å². The molecule has 0 spiro atoms. The zero-order valence-electron chi connectivity index (χ0n) is 18.9. The van der Waals surface area contributed by atoms with Crippen LogP contribution in [0.25, 0.3) is 5.57 Å². The molecule has 0 saturated heterocycles. The zero-order chi connectivity index (χ0) is 19.5. The molecule has 1 aliphatic rings. The fraction of sp³-hybridized carbons (Fsp3) is 0.583. The summed E-state index contributed by atoms with van der Waals surface area (Å²) in [4.78, 5) is 0. The molecule has 1 aromatic rings. The van der Waals surface area contributed by atoms with Crippen LogP contribution >= 0.6 is 0 Å². The Bertz CT molecular complexity index is 782. The van der Waals surface area contributed by atoms with Gasteiger partial charge in [0.15, 0.2) is 0 Å². The van der Waals surface area contributed by atoms with Gasteiger partial charge in [0, 0.05) is 0 Å². The van der Waals surface area contributed by atoms with Gasteiger partial charge in [0.05, 0.1) is 0 Å². The Balaban J connectivity index is 0.00000338. The van der Waals surface area contributed by atoms with Crippen molar-refractivity contribution in [1.29, 1.82) is 0 Å². The summed E-state index contributed by atoms with van der Waals surface area (Å²) in [6.45, 7) is 25.7. The molecular formula is C24H35Cl2Ti. The first kappa shape index (κ1) is 27.0. The van der Waals surface area contributed by atoms with Gasteiger partial charge in [0.1, 0.15) is 0 Å². The SMILES string of the molecule is CC1=C(C)C(C)(C)C(c2ccc(C(C)(C)C)[c]([Ti+2])c2C(C)(C)C)=C1C.[Cl-].[Cl-]. The molecule has 0 amide bonds. The third kappa shape index (κ3) is 4.61. The first-order valence-corrected chi connectivity index (χ1v) is 10.2. The minimum atomic E-state index is 0. The Morgan fingerprint density at radius 2 is 1.26 bits per heavy atom. The number of hydrogen-bond donors (Lipinski definition) is 0. The van der Waals surface area contributed by atoms with Gasteiger partial charge in [-0.05, 0) is 0 Å². The van der Waals surface area contributed by atoms with Crippen LogP contribution in [-0.4, -0.2) is 0 Å². The summed E-state index contributed by atoms with van der Waals surface area (Å²) in [7, 11) is 0. The van der Waals surface area contributed by atoms with Crippen molar-refractivity contribution >= 4 is 9.44 Å². The first-order valence-electron chi connectivity index (χ1n) is 9.41. The molecular weight excluding hydrogens is 407 g/mol. The fourth-order valence-corrected chi connectivity index (χ4v) is 5.86. The molecule has 149 valence electrons. The average Bonchev–Trinajstić information content (AvgIpc) is 2.56. The van der Waals surface area contributed by atoms with E-state index in [-0.39, 0.29) is 41.1 Å². The van der Waals surface area contributed by atoms with Crippen molar-refractivity contribution in [2.24, 2.45) is 5.41 Å². The molecule has 0 aliphatic heterocycles. The summed E-state index contributed by atoms with van der Waals surface area (Å²) < 4.78 is 1.47. The van der Waals surface area contributed by atoms with E-state index >= 15 is 0 Å². The second-order valence-corrected chi connectivity index (χ2v) is 11.1. The van der Waals surface area contributed by atoms with E-state index in [9.17, 15) is 0 Å². The van der Waals surface area contributed by atoms with Crippen LogP contribution in [0.4, 0.5) is 0 Å². The van der Waals surface area contributed by atoms with Gasteiger partial charge in [-0.15, -0.1) is 0 Å². The molecule has 0 atom stereocenters. The summed E-state index contributed by atoms with van der Waals surface area (Å²) in [5, 5.41) is 0. The molecule has 1 aromatic carbocycles. The molecule has 1 aliphatic carbocycles. The summed E-state index contributed by atoms with van der Waals surface area (Å²) in [5.41, 5.74) is 10.8. The largest absolute Gasteiger partial charge is 1.00 e. The quantitative estimate of drug-likeness (QED) is 0.560. The summed E-state index contributed by atoms with van der Waals surface area (Å²) in [6.07, 6.45) is 0. The topological polar surface area (TPSA) is 0 Å². The number of rotatable bonds is 1. The Morgan fingerprint density at radius 3 is 1.59 bits per heavy atom. The van der Waals surface area contributed by atoms with Crippen LogP contribution in [0.3, 0.4) is 0 Å². The number of benzene rings is 1. The normalized spacial score (nSPS) is 17.1. The molecule has 0 heterocycles. The fourth-order valence-electron chi connectivity index (χ4n) is 4.35. The van der Waals surface area contributed by atoms with E-state index in [1.165, 1.54) is 42.9 Å². The Kier molecular flexibility index (Phi) is 8.39. The molecule has 3 heteroatoms. The van der Waals surface area contributed by atoms with Crippen LogP contribution in [0.15, 0.2) is 28.9 Å². The standard InChI is InChI=1S/C24H35.2ClH.Ti/c1-15-16(2)21(24(10,11)17(15)3)19-13-12-18(22(4,5)6)14-20(19)23(7,8)9;;;/h12-13H,1-11H3;2*1H;/q;;;+2/p-2. The summed E-state index contributed by atoms with van der Waals surface area (Å²) >= 11 is 2.33. The second kappa shape index (κ2) is 8.39. The van der Waals surface area contributed by atoms with Crippen molar-refractivity contribution in [1.82, 2.24) is 0 Å². The number of allylic oxidation sites excluding steroid dienone is 4.